The normalized spacial score (nSPS) is 11.3. The molecule has 0 radical (unpaired) electrons. The third kappa shape index (κ3) is 3.28. The fraction of sp³-hybridized carbons (Fsp3) is 0.133. The van der Waals surface area contributed by atoms with Crippen LogP contribution in [0, 0.1) is 5.82 Å². The van der Waals surface area contributed by atoms with Crippen LogP contribution in [0.25, 0.3) is 0 Å². The van der Waals surface area contributed by atoms with Crippen molar-refractivity contribution in [3.05, 3.63) is 58.4 Å². The van der Waals surface area contributed by atoms with Gasteiger partial charge in [-0.1, -0.05) is 11.6 Å². The van der Waals surface area contributed by atoms with Gasteiger partial charge in [-0.05, 0) is 36.4 Å². The summed E-state index contributed by atoms with van der Waals surface area (Å²) in [4.78, 5) is 12.3. The summed E-state index contributed by atoms with van der Waals surface area (Å²) in [5.41, 5.74) is 0.186. The molecule has 22 heavy (non-hydrogen) atoms. The molecule has 0 saturated carbocycles. The summed E-state index contributed by atoms with van der Waals surface area (Å²) in [7, 11) is -2.10. The number of carbonyl (C=O) groups is 1. The van der Waals surface area contributed by atoms with E-state index in [2.05, 4.69) is 0 Å². The van der Waals surface area contributed by atoms with Gasteiger partial charge in [-0.2, -0.15) is 0 Å². The first-order chi connectivity index (χ1) is 10.2. The van der Waals surface area contributed by atoms with Crippen molar-refractivity contribution >= 4 is 27.2 Å². The SMILES string of the molecule is COc1ccc(C(=O)c2ccc(S(C)(=O)=O)cc2Cl)cc1F. The Kier molecular flexibility index (Phi) is 4.53. The molecule has 2 rings (SSSR count). The van der Waals surface area contributed by atoms with Gasteiger partial charge in [0.15, 0.2) is 27.2 Å². The number of hydrogen-bond donors (Lipinski definition) is 0. The molecule has 0 N–H and O–H groups in total. The van der Waals surface area contributed by atoms with Gasteiger partial charge in [-0.25, -0.2) is 12.8 Å². The van der Waals surface area contributed by atoms with Crippen LogP contribution < -0.4 is 4.74 Å². The number of halogens is 2. The van der Waals surface area contributed by atoms with Gasteiger partial charge in [0.25, 0.3) is 0 Å². The Morgan fingerprint density at radius 1 is 1.18 bits per heavy atom. The summed E-state index contributed by atoms with van der Waals surface area (Å²) in [6, 6.07) is 7.58. The van der Waals surface area contributed by atoms with Gasteiger partial charge in [-0.15, -0.1) is 0 Å². The smallest absolute Gasteiger partial charge is 0.194 e. The number of methoxy groups -OCH3 is 1. The van der Waals surface area contributed by atoms with Gasteiger partial charge in [-0.3, -0.25) is 4.79 Å². The van der Waals surface area contributed by atoms with Crippen LogP contribution in [0.1, 0.15) is 15.9 Å². The lowest BCUT2D eigenvalue weighted by atomic mass is 10.0. The molecule has 7 heteroatoms. The first-order valence-corrected chi connectivity index (χ1v) is 8.39. The molecule has 0 unspecified atom stereocenters. The molecular formula is C15H12ClFO4S. The van der Waals surface area contributed by atoms with E-state index < -0.39 is 21.4 Å². The van der Waals surface area contributed by atoms with Gasteiger partial charge in [0.05, 0.1) is 17.0 Å². The van der Waals surface area contributed by atoms with Crippen LogP contribution in [0.3, 0.4) is 0 Å². The molecule has 0 aliphatic heterocycles. The Hall–Kier alpha value is -1.92. The van der Waals surface area contributed by atoms with E-state index >= 15 is 0 Å². The van der Waals surface area contributed by atoms with Crippen LogP contribution in [-0.2, 0) is 9.84 Å². The number of sulfone groups is 1. The van der Waals surface area contributed by atoms with Gasteiger partial charge in [0.2, 0.25) is 0 Å². The van der Waals surface area contributed by atoms with E-state index in [0.717, 1.165) is 12.3 Å². The lowest BCUT2D eigenvalue weighted by Gasteiger charge is -2.07. The predicted molar refractivity (Wildman–Crippen MR) is 80.9 cm³/mol. The molecule has 0 fully saturated rings. The number of carbonyl (C=O) groups excluding carboxylic acids is 1. The van der Waals surface area contributed by atoms with E-state index in [1.54, 1.807) is 0 Å². The predicted octanol–water partition coefficient (Wildman–Crippen LogP) is 3.12. The maximum absolute atomic E-state index is 13.7. The summed E-state index contributed by atoms with van der Waals surface area (Å²) in [6.07, 6.45) is 1.04. The van der Waals surface area contributed by atoms with Crippen molar-refractivity contribution in [1.82, 2.24) is 0 Å². The van der Waals surface area contributed by atoms with Crippen molar-refractivity contribution < 1.29 is 22.3 Å². The van der Waals surface area contributed by atoms with E-state index in [4.69, 9.17) is 16.3 Å². The number of benzene rings is 2. The summed E-state index contributed by atoms with van der Waals surface area (Å²) >= 11 is 5.97. The zero-order valence-corrected chi connectivity index (χ0v) is 13.3. The van der Waals surface area contributed by atoms with E-state index in [0.29, 0.717) is 0 Å². The van der Waals surface area contributed by atoms with Crippen molar-refractivity contribution in [1.29, 1.82) is 0 Å². The van der Waals surface area contributed by atoms with Gasteiger partial charge in [0, 0.05) is 17.4 Å². The highest BCUT2D eigenvalue weighted by atomic mass is 35.5. The van der Waals surface area contributed by atoms with Gasteiger partial charge < -0.3 is 4.74 Å². The molecule has 0 aliphatic rings. The minimum absolute atomic E-state index is 0.00922. The van der Waals surface area contributed by atoms with Crippen molar-refractivity contribution in [2.45, 2.75) is 4.90 Å². The van der Waals surface area contributed by atoms with Crippen LogP contribution in [0.2, 0.25) is 5.02 Å². The molecule has 0 heterocycles. The lowest BCUT2D eigenvalue weighted by molar-refractivity contribution is 0.103. The standard InChI is InChI=1S/C15H12ClFO4S/c1-21-14-6-3-9(7-13(14)17)15(18)11-5-4-10(8-12(11)16)22(2,19)20/h3-8H,1-2H3. The van der Waals surface area contributed by atoms with E-state index in [1.807, 2.05) is 0 Å². The van der Waals surface area contributed by atoms with E-state index in [1.165, 1.54) is 37.4 Å². The number of ketones is 1. The van der Waals surface area contributed by atoms with Crippen LogP contribution in [0.15, 0.2) is 41.3 Å². The molecule has 0 amide bonds. The molecule has 0 aromatic heterocycles. The molecule has 2 aromatic rings. The second-order valence-corrected chi connectivity index (χ2v) is 7.02. The molecule has 116 valence electrons. The minimum atomic E-state index is -3.42. The molecule has 0 saturated heterocycles. The number of rotatable bonds is 4. The third-order valence-corrected chi connectivity index (χ3v) is 4.45. The quantitative estimate of drug-likeness (QED) is 0.801. The molecule has 0 spiro atoms. The molecule has 0 bridgehead atoms. The van der Waals surface area contributed by atoms with Crippen molar-refractivity contribution in [3.63, 3.8) is 0 Å². The third-order valence-electron chi connectivity index (χ3n) is 3.03. The highest BCUT2D eigenvalue weighted by Gasteiger charge is 2.17. The molecule has 4 nitrogen and oxygen atoms in total. The Bertz CT molecular complexity index is 847. The van der Waals surface area contributed by atoms with E-state index in [-0.39, 0.29) is 26.8 Å². The molecule has 0 atom stereocenters. The Morgan fingerprint density at radius 2 is 1.86 bits per heavy atom. The zero-order chi connectivity index (χ0) is 16.5. The fourth-order valence-corrected chi connectivity index (χ4v) is 2.85. The second kappa shape index (κ2) is 6.06. The van der Waals surface area contributed by atoms with Crippen molar-refractivity contribution in [2.24, 2.45) is 0 Å². The van der Waals surface area contributed by atoms with Crippen LogP contribution in [-0.4, -0.2) is 27.6 Å². The first kappa shape index (κ1) is 16.5. The molecule has 0 aliphatic carbocycles. The molecular weight excluding hydrogens is 331 g/mol. The van der Waals surface area contributed by atoms with Crippen LogP contribution >= 0.6 is 11.6 Å². The number of ether oxygens (including phenoxy) is 1. The highest BCUT2D eigenvalue weighted by Crippen LogP contribution is 2.25. The molecule has 2 aromatic carbocycles. The van der Waals surface area contributed by atoms with Crippen LogP contribution in [0.4, 0.5) is 4.39 Å². The Labute approximate surface area is 132 Å². The average molecular weight is 343 g/mol. The Morgan fingerprint density at radius 3 is 2.36 bits per heavy atom. The average Bonchev–Trinajstić information content (AvgIpc) is 2.45. The monoisotopic (exact) mass is 342 g/mol. The first-order valence-electron chi connectivity index (χ1n) is 6.12. The number of hydrogen-bond acceptors (Lipinski definition) is 4. The second-order valence-electron chi connectivity index (χ2n) is 4.59. The summed E-state index contributed by atoms with van der Waals surface area (Å²) in [5.74, 6) is -1.15. The van der Waals surface area contributed by atoms with Gasteiger partial charge >= 0.3 is 0 Å². The summed E-state index contributed by atoms with van der Waals surface area (Å²) < 4.78 is 41.3. The van der Waals surface area contributed by atoms with Crippen LogP contribution in [0.5, 0.6) is 5.75 Å². The Balaban J connectivity index is 2.44. The highest BCUT2D eigenvalue weighted by molar-refractivity contribution is 7.90. The fourth-order valence-electron chi connectivity index (χ4n) is 1.87. The van der Waals surface area contributed by atoms with Crippen molar-refractivity contribution in [3.8, 4) is 5.75 Å². The largest absolute Gasteiger partial charge is 0.494 e. The van der Waals surface area contributed by atoms with Gasteiger partial charge in [0.1, 0.15) is 0 Å². The topological polar surface area (TPSA) is 60.4 Å². The maximum Gasteiger partial charge on any atom is 0.194 e. The zero-order valence-electron chi connectivity index (χ0n) is 11.8. The lowest BCUT2D eigenvalue weighted by Crippen LogP contribution is -2.05. The summed E-state index contributed by atoms with van der Waals surface area (Å²) in [5, 5.41) is -0.0100. The van der Waals surface area contributed by atoms with Crippen molar-refractivity contribution in [2.75, 3.05) is 13.4 Å². The van der Waals surface area contributed by atoms with E-state index in [9.17, 15) is 17.6 Å². The maximum atomic E-state index is 13.7. The summed E-state index contributed by atoms with van der Waals surface area (Å²) in [6.45, 7) is 0. The minimum Gasteiger partial charge on any atom is -0.494 e.